The van der Waals surface area contributed by atoms with Crippen molar-refractivity contribution in [3.05, 3.63) is 47.6 Å². The zero-order valence-corrected chi connectivity index (χ0v) is 15.2. The minimum atomic E-state index is -0.626. The molecule has 1 amide bonds. The zero-order valence-electron chi connectivity index (χ0n) is 15.2. The second-order valence-corrected chi connectivity index (χ2v) is 6.99. The second-order valence-electron chi connectivity index (χ2n) is 6.99. The Kier molecular flexibility index (Phi) is 6.00. The van der Waals surface area contributed by atoms with Crippen LogP contribution in [0, 0.1) is 5.92 Å². The molecule has 7 heteroatoms. The molecule has 1 fully saturated rings. The number of nitrogens with two attached hydrogens (primary N) is 1. The Hall–Kier alpha value is -2.25. The van der Waals surface area contributed by atoms with Gasteiger partial charge in [0.1, 0.15) is 6.04 Å². The van der Waals surface area contributed by atoms with E-state index in [4.69, 9.17) is 15.0 Å². The van der Waals surface area contributed by atoms with E-state index in [9.17, 15) is 4.79 Å². The minimum Gasteiger partial charge on any atom is -0.381 e. The first-order valence-electron chi connectivity index (χ1n) is 9.07. The van der Waals surface area contributed by atoms with Crippen LogP contribution in [0.2, 0.25) is 0 Å². The van der Waals surface area contributed by atoms with E-state index in [1.54, 1.807) is 0 Å². The Morgan fingerprint density at radius 2 is 1.92 bits per heavy atom. The van der Waals surface area contributed by atoms with Crippen molar-refractivity contribution in [1.29, 1.82) is 0 Å². The molecule has 3 N–H and O–H groups in total. The number of aromatic nitrogens is 2. The van der Waals surface area contributed by atoms with E-state index in [0.717, 1.165) is 18.4 Å². The van der Waals surface area contributed by atoms with E-state index < -0.39 is 11.9 Å². The zero-order chi connectivity index (χ0) is 18.5. The quantitative estimate of drug-likeness (QED) is 0.788. The van der Waals surface area contributed by atoms with Crippen molar-refractivity contribution in [1.82, 2.24) is 15.5 Å². The van der Waals surface area contributed by atoms with Crippen LogP contribution in [0.5, 0.6) is 0 Å². The summed E-state index contributed by atoms with van der Waals surface area (Å²) in [6.45, 7) is 5.39. The summed E-state index contributed by atoms with van der Waals surface area (Å²) in [6.07, 6.45) is 1.72. The van der Waals surface area contributed by atoms with Crippen molar-refractivity contribution in [2.75, 3.05) is 13.2 Å². The predicted molar refractivity (Wildman–Crippen MR) is 96.2 cm³/mol. The average Bonchev–Trinajstić information content (AvgIpc) is 3.14. The van der Waals surface area contributed by atoms with Crippen molar-refractivity contribution >= 4 is 5.91 Å². The van der Waals surface area contributed by atoms with E-state index >= 15 is 0 Å². The molecule has 1 aromatic carbocycles. The lowest BCUT2D eigenvalue weighted by atomic mass is 9.90. The second kappa shape index (κ2) is 8.42. The fraction of sp³-hybridized carbons (Fsp3) is 0.526. The molecule has 0 radical (unpaired) electrons. The molecular formula is C19H26N4O3. The topological polar surface area (TPSA) is 103 Å². The van der Waals surface area contributed by atoms with Gasteiger partial charge in [-0.2, -0.15) is 4.98 Å². The number of ether oxygens (including phenoxy) is 1. The van der Waals surface area contributed by atoms with Crippen LogP contribution in [0.15, 0.2) is 34.9 Å². The van der Waals surface area contributed by atoms with Crippen LogP contribution < -0.4 is 11.1 Å². The lowest BCUT2D eigenvalue weighted by Crippen LogP contribution is -2.40. The predicted octanol–water partition coefficient (Wildman–Crippen LogP) is 2.48. The highest BCUT2D eigenvalue weighted by molar-refractivity contribution is 5.81. The maximum absolute atomic E-state index is 12.1. The molecule has 1 saturated heterocycles. The van der Waals surface area contributed by atoms with Gasteiger partial charge in [-0.15, -0.1) is 0 Å². The van der Waals surface area contributed by atoms with E-state index in [1.165, 1.54) is 0 Å². The maximum atomic E-state index is 12.1. The molecule has 3 rings (SSSR count). The third-order valence-electron chi connectivity index (χ3n) is 4.74. The Balaban J connectivity index is 1.89. The first-order chi connectivity index (χ1) is 12.6. The summed E-state index contributed by atoms with van der Waals surface area (Å²) < 4.78 is 11.0. The molecule has 2 atom stereocenters. The Bertz CT molecular complexity index is 711. The summed E-state index contributed by atoms with van der Waals surface area (Å²) in [6, 6.07) is 8.58. The number of carbonyl (C=O) groups is 1. The van der Waals surface area contributed by atoms with Gasteiger partial charge in [-0.1, -0.05) is 49.3 Å². The fourth-order valence-electron chi connectivity index (χ4n) is 3.23. The van der Waals surface area contributed by atoms with Gasteiger partial charge < -0.3 is 15.0 Å². The third kappa shape index (κ3) is 4.28. The smallest absolute Gasteiger partial charge is 0.244 e. The molecule has 0 spiro atoms. The number of hydrogen-bond acceptors (Lipinski definition) is 6. The number of benzene rings is 1. The summed E-state index contributed by atoms with van der Waals surface area (Å²) >= 11 is 0. The first-order valence-corrected chi connectivity index (χ1v) is 9.07. The largest absolute Gasteiger partial charge is 0.381 e. The van der Waals surface area contributed by atoms with Crippen molar-refractivity contribution in [3.63, 3.8) is 0 Å². The van der Waals surface area contributed by atoms with Crippen LogP contribution in [-0.4, -0.2) is 29.3 Å². The Morgan fingerprint density at radius 3 is 2.50 bits per heavy atom. The van der Waals surface area contributed by atoms with Gasteiger partial charge in [-0.3, -0.25) is 10.1 Å². The molecule has 1 aromatic heterocycles. The number of hydrogen-bond donors (Lipinski definition) is 2. The van der Waals surface area contributed by atoms with Gasteiger partial charge in [-0.05, 0) is 24.3 Å². The normalized spacial score (nSPS) is 18.0. The standard InChI is InChI=1S/C19H26N4O3/c1-12(2)18-22-19(26-23-18)16(14-8-10-25-11-9-14)21-15(17(20)24)13-6-4-3-5-7-13/h3-7,12,14-16,21H,8-11H2,1-2H3,(H2,20,24)/t15-,16-/m0/s1. The number of nitrogens with one attached hydrogen (secondary N) is 1. The van der Waals surface area contributed by atoms with Crippen LogP contribution in [-0.2, 0) is 9.53 Å². The van der Waals surface area contributed by atoms with Crippen molar-refractivity contribution < 1.29 is 14.1 Å². The van der Waals surface area contributed by atoms with Gasteiger partial charge in [0.05, 0.1) is 6.04 Å². The summed E-state index contributed by atoms with van der Waals surface area (Å²) in [5.41, 5.74) is 6.51. The van der Waals surface area contributed by atoms with Crippen LogP contribution in [0.4, 0.5) is 0 Å². The number of amides is 1. The summed E-state index contributed by atoms with van der Waals surface area (Å²) in [5, 5.41) is 7.46. The average molecular weight is 358 g/mol. The lowest BCUT2D eigenvalue weighted by Gasteiger charge is -2.31. The molecule has 140 valence electrons. The molecule has 1 aliphatic rings. The van der Waals surface area contributed by atoms with E-state index in [2.05, 4.69) is 15.5 Å². The molecule has 0 aliphatic carbocycles. The number of carbonyl (C=O) groups excluding carboxylic acids is 1. The summed E-state index contributed by atoms with van der Waals surface area (Å²) in [5.74, 6) is 1.13. The van der Waals surface area contributed by atoms with E-state index in [-0.39, 0.29) is 17.9 Å². The summed E-state index contributed by atoms with van der Waals surface area (Å²) in [4.78, 5) is 16.7. The highest BCUT2D eigenvalue weighted by Gasteiger charge is 2.33. The molecular weight excluding hydrogens is 332 g/mol. The maximum Gasteiger partial charge on any atom is 0.244 e. The van der Waals surface area contributed by atoms with E-state index in [1.807, 2.05) is 44.2 Å². The molecule has 0 saturated carbocycles. The van der Waals surface area contributed by atoms with Crippen LogP contribution in [0.3, 0.4) is 0 Å². The van der Waals surface area contributed by atoms with Gasteiger partial charge >= 0.3 is 0 Å². The van der Waals surface area contributed by atoms with Crippen molar-refractivity contribution in [2.24, 2.45) is 11.7 Å². The third-order valence-corrected chi connectivity index (χ3v) is 4.74. The molecule has 2 aromatic rings. The SMILES string of the molecule is CC(C)c1noc([C@@H](N[C@H](C(N)=O)c2ccccc2)C2CCOCC2)n1. The Labute approximate surface area is 153 Å². The molecule has 26 heavy (non-hydrogen) atoms. The van der Waals surface area contributed by atoms with Gasteiger partial charge in [0.2, 0.25) is 11.8 Å². The molecule has 7 nitrogen and oxygen atoms in total. The highest BCUT2D eigenvalue weighted by Crippen LogP contribution is 2.32. The highest BCUT2D eigenvalue weighted by atomic mass is 16.5. The molecule has 0 bridgehead atoms. The fourth-order valence-corrected chi connectivity index (χ4v) is 3.23. The first kappa shape index (κ1) is 18.5. The van der Waals surface area contributed by atoms with Crippen LogP contribution >= 0.6 is 0 Å². The van der Waals surface area contributed by atoms with Crippen LogP contribution in [0.1, 0.15) is 62.0 Å². The van der Waals surface area contributed by atoms with Gasteiger partial charge in [0.25, 0.3) is 0 Å². The molecule has 2 heterocycles. The van der Waals surface area contributed by atoms with Crippen molar-refractivity contribution in [3.8, 4) is 0 Å². The molecule has 1 aliphatic heterocycles. The monoisotopic (exact) mass is 358 g/mol. The van der Waals surface area contributed by atoms with Gasteiger partial charge in [0, 0.05) is 19.1 Å². The lowest BCUT2D eigenvalue weighted by molar-refractivity contribution is -0.120. The number of rotatable bonds is 7. The van der Waals surface area contributed by atoms with Gasteiger partial charge in [-0.25, -0.2) is 0 Å². The number of primary amides is 1. The number of nitrogens with zero attached hydrogens (tertiary/aromatic N) is 2. The minimum absolute atomic E-state index is 0.170. The van der Waals surface area contributed by atoms with E-state index in [0.29, 0.717) is 24.9 Å². The molecule has 0 unspecified atom stereocenters. The van der Waals surface area contributed by atoms with Gasteiger partial charge in [0.15, 0.2) is 5.82 Å². The summed E-state index contributed by atoms with van der Waals surface area (Å²) in [7, 11) is 0. The van der Waals surface area contributed by atoms with Crippen LogP contribution in [0.25, 0.3) is 0 Å². The van der Waals surface area contributed by atoms with Crippen molar-refractivity contribution in [2.45, 2.75) is 44.7 Å². The Morgan fingerprint density at radius 1 is 1.23 bits per heavy atom.